The van der Waals surface area contributed by atoms with Crippen molar-refractivity contribution < 1.29 is 41.7 Å². The Labute approximate surface area is 302 Å². The summed E-state index contributed by atoms with van der Waals surface area (Å²) in [4.78, 5) is 31.2. The first kappa shape index (κ1) is 35.5. The van der Waals surface area contributed by atoms with Crippen LogP contribution in [0.15, 0.2) is 106 Å². The standard InChI is InChI=1S/C38H42N4O9S/c1-48-29-11-13-30(14-12-29)52(46,47)41(19-21-43)20-22-49-35-24-27(32-25-50-33-10-6-5-9-31(32)33)23-34(51-35)36(44)40-17-15-38(16-18-40)37(45)39-26-42(38)28-7-3-2-4-8-28/h2-14,23,25,27,35,43H,15-22,24,26H2,1H3,(H,39,45)/t27-,35+/m1/s1. The average Bonchev–Trinajstić information content (AvgIpc) is 3.75. The van der Waals surface area contributed by atoms with Gasteiger partial charge in [0.2, 0.25) is 22.2 Å². The highest BCUT2D eigenvalue weighted by atomic mass is 32.2. The summed E-state index contributed by atoms with van der Waals surface area (Å²) in [6.45, 7) is 0.468. The van der Waals surface area contributed by atoms with Crippen LogP contribution in [0.25, 0.3) is 11.0 Å². The molecule has 2 amide bonds. The zero-order valence-corrected chi connectivity index (χ0v) is 29.7. The van der Waals surface area contributed by atoms with Crippen molar-refractivity contribution in [2.45, 2.75) is 41.9 Å². The molecule has 4 aromatic rings. The number of fused-ring (bicyclic) bond motifs is 1. The molecule has 0 unspecified atom stereocenters. The van der Waals surface area contributed by atoms with Gasteiger partial charge in [-0.25, -0.2) is 8.42 Å². The van der Waals surface area contributed by atoms with Gasteiger partial charge in [0, 0.05) is 55.2 Å². The number of aliphatic hydroxyl groups is 1. The lowest BCUT2D eigenvalue weighted by atomic mass is 9.85. The van der Waals surface area contributed by atoms with Crippen LogP contribution in [0.3, 0.4) is 0 Å². The van der Waals surface area contributed by atoms with Gasteiger partial charge in [-0.2, -0.15) is 4.31 Å². The van der Waals surface area contributed by atoms with Gasteiger partial charge in [0.05, 0.1) is 38.2 Å². The third-order valence-corrected chi connectivity index (χ3v) is 12.1. The molecule has 2 atom stereocenters. The Morgan fingerprint density at radius 2 is 1.75 bits per heavy atom. The molecule has 0 aliphatic carbocycles. The van der Waals surface area contributed by atoms with Crippen molar-refractivity contribution in [3.8, 4) is 5.75 Å². The Hall–Kier alpha value is -4.89. The number of benzene rings is 3. The van der Waals surface area contributed by atoms with E-state index >= 15 is 0 Å². The number of para-hydroxylation sites is 2. The van der Waals surface area contributed by atoms with E-state index in [0.717, 1.165) is 20.9 Å². The number of amides is 2. The third-order valence-electron chi connectivity index (χ3n) is 10.2. The first-order chi connectivity index (χ1) is 25.2. The van der Waals surface area contributed by atoms with Gasteiger partial charge < -0.3 is 38.9 Å². The number of carbonyl (C=O) groups is 2. The number of nitrogens with one attached hydrogen (secondary N) is 1. The largest absolute Gasteiger partial charge is 0.497 e. The van der Waals surface area contributed by atoms with E-state index in [-0.39, 0.29) is 54.7 Å². The number of hydrogen-bond donors (Lipinski definition) is 2. The summed E-state index contributed by atoms with van der Waals surface area (Å²) in [5, 5.41) is 13.6. The lowest BCUT2D eigenvalue weighted by Gasteiger charge is -2.43. The number of carbonyl (C=O) groups excluding carboxylic acids is 2. The van der Waals surface area contributed by atoms with E-state index in [1.54, 1.807) is 29.4 Å². The van der Waals surface area contributed by atoms with Gasteiger partial charge in [-0.1, -0.05) is 36.4 Å². The van der Waals surface area contributed by atoms with Crippen LogP contribution >= 0.6 is 0 Å². The maximum Gasteiger partial charge on any atom is 0.288 e. The quantitative estimate of drug-likeness (QED) is 0.220. The average molecular weight is 731 g/mol. The molecule has 14 heteroatoms. The van der Waals surface area contributed by atoms with Crippen LogP contribution in [0.1, 0.15) is 30.7 Å². The maximum atomic E-state index is 14.1. The van der Waals surface area contributed by atoms with Crippen molar-refractivity contribution in [1.82, 2.24) is 14.5 Å². The van der Waals surface area contributed by atoms with Gasteiger partial charge in [-0.15, -0.1) is 0 Å². The van der Waals surface area contributed by atoms with Crippen LogP contribution in [0, 0.1) is 0 Å². The number of likely N-dealkylation sites (tertiary alicyclic amines) is 1. The third kappa shape index (κ3) is 6.86. The lowest BCUT2D eigenvalue weighted by molar-refractivity contribution is -0.154. The van der Waals surface area contributed by atoms with Crippen LogP contribution in [0.5, 0.6) is 5.75 Å². The molecule has 13 nitrogen and oxygen atoms in total. The predicted octanol–water partition coefficient (Wildman–Crippen LogP) is 3.81. The fourth-order valence-corrected chi connectivity index (χ4v) is 8.74. The van der Waals surface area contributed by atoms with E-state index in [0.29, 0.717) is 50.4 Å². The van der Waals surface area contributed by atoms with E-state index in [4.69, 9.17) is 18.6 Å². The van der Waals surface area contributed by atoms with Crippen molar-refractivity contribution in [1.29, 1.82) is 0 Å². The molecule has 274 valence electrons. The zero-order chi connectivity index (χ0) is 36.3. The molecule has 1 spiro atoms. The highest BCUT2D eigenvalue weighted by Gasteiger charge is 2.51. The Balaban J connectivity index is 1.07. The van der Waals surface area contributed by atoms with Crippen LogP contribution < -0.4 is 15.0 Å². The first-order valence-corrected chi connectivity index (χ1v) is 18.8. The number of hydrogen-bond acceptors (Lipinski definition) is 10. The number of aliphatic hydroxyl groups excluding tert-OH is 1. The number of rotatable bonds is 12. The van der Waals surface area contributed by atoms with E-state index in [9.17, 15) is 23.1 Å². The summed E-state index contributed by atoms with van der Waals surface area (Å²) >= 11 is 0. The van der Waals surface area contributed by atoms with Gasteiger partial charge in [0.25, 0.3) is 5.91 Å². The van der Waals surface area contributed by atoms with Crippen LogP contribution in [0.4, 0.5) is 5.69 Å². The van der Waals surface area contributed by atoms with Crippen molar-refractivity contribution in [3.05, 3.63) is 103 Å². The highest BCUT2D eigenvalue weighted by molar-refractivity contribution is 7.89. The lowest BCUT2D eigenvalue weighted by Crippen LogP contribution is -2.57. The molecular formula is C38H42N4O9S. The SMILES string of the molecule is COc1ccc(S(=O)(=O)N(CCO)CCO[C@@H]2C[C@H](c3coc4ccccc34)C=C(C(=O)N3CCC4(CC3)C(=O)NCN4c3ccccc3)O2)cc1. The summed E-state index contributed by atoms with van der Waals surface area (Å²) in [6.07, 6.45) is 3.85. The van der Waals surface area contributed by atoms with Crippen LogP contribution in [-0.4, -0.2) is 99.5 Å². The van der Waals surface area contributed by atoms with Crippen molar-refractivity contribution >= 4 is 38.5 Å². The molecule has 2 fully saturated rings. The van der Waals surface area contributed by atoms with E-state index < -0.39 is 21.9 Å². The fraction of sp³-hybridized carbons (Fsp3) is 0.368. The second-order valence-electron chi connectivity index (χ2n) is 13.0. The van der Waals surface area contributed by atoms with Gasteiger partial charge >= 0.3 is 0 Å². The van der Waals surface area contributed by atoms with Crippen molar-refractivity contribution in [2.24, 2.45) is 0 Å². The number of furan rings is 1. The molecule has 0 saturated carbocycles. The van der Waals surface area contributed by atoms with E-state index in [1.165, 1.54) is 19.2 Å². The Morgan fingerprint density at radius 1 is 1.02 bits per heavy atom. The fourth-order valence-electron chi connectivity index (χ4n) is 7.33. The summed E-state index contributed by atoms with van der Waals surface area (Å²) in [7, 11) is -2.46. The number of anilines is 1. The molecule has 52 heavy (non-hydrogen) atoms. The van der Waals surface area contributed by atoms with Gasteiger partial charge in [0.15, 0.2) is 5.76 Å². The second kappa shape index (κ2) is 15.0. The van der Waals surface area contributed by atoms with Gasteiger partial charge in [-0.3, -0.25) is 9.59 Å². The Kier molecular flexibility index (Phi) is 10.2. The first-order valence-electron chi connectivity index (χ1n) is 17.3. The molecular weight excluding hydrogens is 689 g/mol. The minimum atomic E-state index is -3.96. The molecule has 1 aromatic heterocycles. The Morgan fingerprint density at radius 3 is 2.48 bits per heavy atom. The number of allylic oxidation sites excluding steroid dienone is 1. The smallest absolute Gasteiger partial charge is 0.288 e. The van der Waals surface area contributed by atoms with E-state index in [2.05, 4.69) is 10.2 Å². The minimum absolute atomic E-state index is 0.0406. The summed E-state index contributed by atoms with van der Waals surface area (Å²) in [6, 6.07) is 23.5. The van der Waals surface area contributed by atoms with Crippen LogP contribution in [0.2, 0.25) is 0 Å². The topological polar surface area (TPSA) is 151 Å². The molecule has 0 radical (unpaired) electrons. The number of sulfonamides is 1. The molecule has 2 saturated heterocycles. The Bertz CT molecular complexity index is 2030. The highest BCUT2D eigenvalue weighted by Crippen LogP contribution is 2.39. The van der Waals surface area contributed by atoms with Crippen molar-refractivity contribution in [2.75, 3.05) is 58.1 Å². The zero-order valence-electron chi connectivity index (χ0n) is 28.8. The number of methoxy groups -OCH3 is 1. The second-order valence-corrected chi connectivity index (χ2v) is 15.0. The number of nitrogens with zero attached hydrogens (tertiary/aromatic N) is 3. The van der Waals surface area contributed by atoms with E-state index in [1.807, 2.05) is 54.6 Å². The number of ether oxygens (including phenoxy) is 3. The molecule has 3 aromatic carbocycles. The van der Waals surface area contributed by atoms with Gasteiger partial charge in [0.1, 0.15) is 16.9 Å². The molecule has 4 heterocycles. The summed E-state index contributed by atoms with van der Waals surface area (Å²) in [5.74, 6) is -0.0126. The minimum Gasteiger partial charge on any atom is -0.497 e. The molecule has 3 aliphatic rings. The molecule has 2 N–H and O–H groups in total. The van der Waals surface area contributed by atoms with Gasteiger partial charge in [-0.05, 0) is 61.4 Å². The number of piperidine rings is 1. The summed E-state index contributed by atoms with van der Waals surface area (Å²) < 4.78 is 51.4. The molecule has 7 rings (SSSR count). The molecule has 0 bridgehead atoms. The molecule has 3 aliphatic heterocycles. The summed E-state index contributed by atoms with van der Waals surface area (Å²) in [5.41, 5.74) is 1.78. The van der Waals surface area contributed by atoms with Crippen LogP contribution in [-0.2, 0) is 29.1 Å². The monoisotopic (exact) mass is 730 g/mol. The van der Waals surface area contributed by atoms with Crippen molar-refractivity contribution in [3.63, 3.8) is 0 Å². The predicted molar refractivity (Wildman–Crippen MR) is 192 cm³/mol. The maximum absolute atomic E-state index is 14.1. The normalized spacial score (nSPS) is 20.2.